The molecule has 1 aromatic rings. The van der Waals surface area contributed by atoms with Crippen molar-refractivity contribution in [1.29, 1.82) is 0 Å². The fraction of sp³-hybridized carbons (Fsp3) is 0.562. The first kappa shape index (κ1) is 14.4. The Morgan fingerprint density at radius 2 is 2.05 bits per heavy atom. The lowest BCUT2D eigenvalue weighted by Gasteiger charge is -2.37. The van der Waals surface area contributed by atoms with Crippen LogP contribution in [0.2, 0.25) is 0 Å². The summed E-state index contributed by atoms with van der Waals surface area (Å²) in [6, 6.07) is 5.98. The first-order valence-electron chi connectivity index (χ1n) is 7.63. The highest BCUT2D eigenvalue weighted by molar-refractivity contribution is 5.81. The number of hydrogen-bond donors (Lipinski definition) is 1. The van der Waals surface area contributed by atoms with Gasteiger partial charge in [-0.25, -0.2) is 0 Å². The van der Waals surface area contributed by atoms with Crippen LogP contribution in [0.3, 0.4) is 0 Å². The van der Waals surface area contributed by atoms with Gasteiger partial charge in [-0.1, -0.05) is 12.1 Å². The number of nitrogen functional groups attached to an aromatic ring is 1. The van der Waals surface area contributed by atoms with Crippen LogP contribution in [-0.2, 0) is 22.5 Å². The Bertz CT molecular complexity index is 526. The number of fused-ring (bicyclic) bond motifs is 1. The zero-order valence-corrected chi connectivity index (χ0v) is 12.5. The summed E-state index contributed by atoms with van der Waals surface area (Å²) in [6.07, 6.45) is 0.959. The standard InChI is InChI=1S/C16H23N3O2/c1-12(16(20)18-7-9-21-10-8-18)19-6-5-13-3-2-4-15(17)14(13)11-19/h2-4,12H,5-11,17H2,1H3. The van der Waals surface area contributed by atoms with Crippen molar-refractivity contribution in [3.05, 3.63) is 29.3 Å². The van der Waals surface area contributed by atoms with E-state index in [9.17, 15) is 4.79 Å². The van der Waals surface area contributed by atoms with Crippen LogP contribution in [0.5, 0.6) is 0 Å². The van der Waals surface area contributed by atoms with Crippen LogP contribution in [0.1, 0.15) is 18.1 Å². The summed E-state index contributed by atoms with van der Waals surface area (Å²) >= 11 is 0. The van der Waals surface area contributed by atoms with E-state index in [1.165, 1.54) is 11.1 Å². The van der Waals surface area contributed by atoms with Crippen LogP contribution in [0, 0.1) is 0 Å². The molecule has 1 saturated heterocycles. The summed E-state index contributed by atoms with van der Waals surface area (Å²) in [4.78, 5) is 16.7. The van der Waals surface area contributed by atoms with Crippen molar-refractivity contribution in [3.8, 4) is 0 Å². The van der Waals surface area contributed by atoms with Crippen LogP contribution in [0.25, 0.3) is 0 Å². The number of carbonyl (C=O) groups excluding carboxylic acids is 1. The highest BCUT2D eigenvalue weighted by Crippen LogP contribution is 2.25. The third-order valence-corrected chi connectivity index (χ3v) is 4.57. The van der Waals surface area contributed by atoms with Crippen molar-refractivity contribution in [2.75, 3.05) is 38.6 Å². The van der Waals surface area contributed by atoms with Gasteiger partial charge in [0.2, 0.25) is 5.91 Å². The molecular weight excluding hydrogens is 266 g/mol. The predicted molar refractivity (Wildman–Crippen MR) is 81.8 cm³/mol. The molecule has 1 amide bonds. The SMILES string of the molecule is CC(C(=O)N1CCOCC1)N1CCc2cccc(N)c2C1. The molecule has 1 aromatic carbocycles. The van der Waals surface area contributed by atoms with Crippen molar-refractivity contribution < 1.29 is 9.53 Å². The van der Waals surface area contributed by atoms with E-state index in [1.807, 2.05) is 24.0 Å². The number of nitrogens with two attached hydrogens (primary N) is 1. The molecule has 3 rings (SSSR count). The first-order chi connectivity index (χ1) is 10.2. The molecule has 2 heterocycles. The molecule has 2 aliphatic rings. The minimum absolute atomic E-state index is 0.101. The van der Waals surface area contributed by atoms with Gasteiger partial charge in [0.15, 0.2) is 0 Å². The average Bonchev–Trinajstić information content (AvgIpc) is 2.54. The quantitative estimate of drug-likeness (QED) is 0.821. The number of hydrogen-bond acceptors (Lipinski definition) is 4. The van der Waals surface area contributed by atoms with Crippen molar-refractivity contribution in [1.82, 2.24) is 9.80 Å². The fourth-order valence-electron chi connectivity index (χ4n) is 3.16. The van der Waals surface area contributed by atoms with Gasteiger partial charge in [0.25, 0.3) is 0 Å². The van der Waals surface area contributed by atoms with Crippen molar-refractivity contribution >= 4 is 11.6 Å². The number of rotatable bonds is 2. The zero-order valence-electron chi connectivity index (χ0n) is 12.5. The minimum atomic E-state index is -0.101. The summed E-state index contributed by atoms with van der Waals surface area (Å²) in [5.41, 5.74) is 9.42. The van der Waals surface area contributed by atoms with Crippen LogP contribution in [0.4, 0.5) is 5.69 Å². The van der Waals surface area contributed by atoms with Gasteiger partial charge in [-0.2, -0.15) is 0 Å². The number of ether oxygens (including phenoxy) is 1. The number of nitrogens with zero attached hydrogens (tertiary/aromatic N) is 2. The molecule has 0 saturated carbocycles. The van der Waals surface area contributed by atoms with Crippen LogP contribution in [-0.4, -0.2) is 54.6 Å². The Labute approximate surface area is 125 Å². The van der Waals surface area contributed by atoms with E-state index in [2.05, 4.69) is 11.0 Å². The van der Waals surface area contributed by atoms with E-state index < -0.39 is 0 Å². The second-order valence-electron chi connectivity index (χ2n) is 5.82. The van der Waals surface area contributed by atoms with E-state index in [0.29, 0.717) is 26.3 Å². The van der Waals surface area contributed by atoms with Gasteiger partial charge in [0, 0.05) is 31.9 Å². The summed E-state index contributed by atoms with van der Waals surface area (Å²) in [5.74, 6) is 0.205. The summed E-state index contributed by atoms with van der Waals surface area (Å²) < 4.78 is 5.31. The summed E-state index contributed by atoms with van der Waals surface area (Å²) in [5, 5.41) is 0. The van der Waals surface area contributed by atoms with Gasteiger partial charge in [-0.15, -0.1) is 0 Å². The van der Waals surface area contributed by atoms with Gasteiger partial charge in [0.1, 0.15) is 0 Å². The third kappa shape index (κ3) is 2.89. The van der Waals surface area contributed by atoms with Crippen LogP contribution in [0.15, 0.2) is 18.2 Å². The second-order valence-corrected chi connectivity index (χ2v) is 5.82. The Hall–Kier alpha value is -1.59. The average molecular weight is 289 g/mol. The van der Waals surface area contributed by atoms with E-state index in [1.54, 1.807) is 0 Å². The molecule has 114 valence electrons. The number of morpholine rings is 1. The van der Waals surface area contributed by atoms with Gasteiger partial charge in [-0.05, 0) is 30.5 Å². The molecule has 5 heteroatoms. The summed E-state index contributed by atoms with van der Waals surface area (Å²) in [6.45, 7) is 6.38. The Kier molecular flexibility index (Phi) is 4.12. The molecule has 2 N–H and O–H groups in total. The van der Waals surface area contributed by atoms with Gasteiger partial charge >= 0.3 is 0 Å². The molecule has 0 bridgehead atoms. The van der Waals surface area contributed by atoms with E-state index in [0.717, 1.165) is 25.2 Å². The van der Waals surface area contributed by atoms with E-state index >= 15 is 0 Å². The molecule has 2 aliphatic heterocycles. The third-order valence-electron chi connectivity index (χ3n) is 4.57. The number of amides is 1. The number of carbonyl (C=O) groups is 1. The van der Waals surface area contributed by atoms with E-state index in [-0.39, 0.29) is 11.9 Å². The molecule has 0 aromatic heterocycles. The number of benzene rings is 1. The molecule has 1 fully saturated rings. The van der Waals surface area contributed by atoms with Crippen molar-refractivity contribution in [2.45, 2.75) is 25.9 Å². The highest BCUT2D eigenvalue weighted by atomic mass is 16.5. The molecule has 21 heavy (non-hydrogen) atoms. The lowest BCUT2D eigenvalue weighted by molar-refractivity contribution is -0.140. The van der Waals surface area contributed by atoms with E-state index in [4.69, 9.17) is 10.5 Å². The lowest BCUT2D eigenvalue weighted by atomic mass is 9.97. The lowest BCUT2D eigenvalue weighted by Crippen LogP contribution is -2.51. The Balaban J connectivity index is 1.70. The first-order valence-corrected chi connectivity index (χ1v) is 7.63. The van der Waals surface area contributed by atoms with Crippen molar-refractivity contribution in [3.63, 3.8) is 0 Å². The molecule has 0 aliphatic carbocycles. The molecule has 1 atom stereocenters. The highest BCUT2D eigenvalue weighted by Gasteiger charge is 2.29. The minimum Gasteiger partial charge on any atom is -0.398 e. The van der Waals surface area contributed by atoms with Gasteiger partial charge in [0.05, 0.1) is 19.3 Å². The van der Waals surface area contributed by atoms with Gasteiger partial charge in [-0.3, -0.25) is 9.69 Å². The van der Waals surface area contributed by atoms with Crippen LogP contribution < -0.4 is 5.73 Å². The number of anilines is 1. The Morgan fingerprint density at radius 1 is 1.29 bits per heavy atom. The molecule has 0 spiro atoms. The zero-order chi connectivity index (χ0) is 14.8. The topological polar surface area (TPSA) is 58.8 Å². The van der Waals surface area contributed by atoms with Crippen LogP contribution >= 0.6 is 0 Å². The van der Waals surface area contributed by atoms with Gasteiger partial charge < -0.3 is 15.4 Å². The maximum Gasteiger partial charge on any atom is 0.239 e. The second kappa shape index (κ2) is 6.03. The summed E-state index contributed by atoms with van der Waals surface area (Å²) in [7, 11) is 0. The molecular formula is C16H23N3O2. The maximum atomic E-state index is 12.6. The molecule has 5 nitrogen and oxygen atoms in total. The monoisotopic (exact) mass is 289 g/mol. The molecule has 0 radical (unpaired) electrons. The maximum absolute atomic E-state index is 12.6. The normalized spacial score (nSPS) is 20.9. The molecule has 1 unspecified atom stereocenters. The largest absolute Gasteiger partial charge is 0.398 e. The Morgan fingerprint density at radius 3 is 2.81 bits per heavy atom. The van der Waals surface area contributed by atoms with Crippen molar-refractivity contribution in [2.24, 2.45) is 0 Å². The predicted octanol–water partition coefficient (Wildman–Crippen LogP) is 0.874. The fourth-order valence-corrected chi connectivity index (χ4v) is 3.16. The smallest absolute Gasteiger partial charge is 0.239 e.